The van der Waals surface area contributed by atoms with E-state index in [-0.39, 0.29) is 22.6 Å². The van der Waals surface area contributed by atoms with Crippen molar-refractivity contribution in [3.8, 4) is 6.07 Å². The van der Waals surface area contributed by atoms with Crippen LogP contribution in [0.2, 0.25) is 0 Å². The summed E-state index contributed by atoms with van der Waals surface area (Å²) in [6.45, 7) is 1.47. The third-order valence-corrected chi connectivity index (χ3v) is 2.18. The second-order valence-electron chi connectivity index (χ2n) is 2.71. The van der Waals surface area contributed by atoms with Gasteiger partial charge in [-0.2, -0.15) is 5.26 Å². The average Bonchev–Trinajstić information content (AvgIpc) is 2.16. The van der Waals surface area contributed by atoms with E-state index in [2.05, 4.69) is 4.98 Å². The first-order valence-electron chi connectivity index (χ1n) is 3.84. The van der Waals surface area contributed by atoms with Gasteiger partial charge in [-0.15, -0.1) is 11.6 Å². The largest absolute Gasteiger partial charge is 0.265 e. The van der Waals surface area contributed by atoms with Crippen LogP contribution in [-0.2, 0) is 5.88 Å². The molecule has 0 fully saturated rings. The number of nitrogens with zero attached hydrogens (tertiary/aromatic N) is 2. The molecule has 1 aromatic heterocycles. The van der Waals surface area contributed by atoms with Crippen LogP contribution in [0.5, 0.6) is 0 Å². The molecule has 0 saturated carbocycles. The molecule has 0 aliphatic rings. The Bertz CT molecular complexity index is 385. The molecule has 74 valence electrons. The van der Waals surface area contributed by atoms with Gasteiger partial charge in [-0.25, -0.2) is 8.78 Å². The number of hydrogen-bond acceptors (Lipinski definition) is 2. The molecule has 0 saturated heterocycles. The number of nitriles is 1. The fourth-order valence-corrected chi connectivity index (χ4v) is 1.34. The molecule has 0 unspecified atom stereocenters. The Morgan fingerprint density at radius 3 is 2.71 bits per heavy atom. The highest BCUT2D eigenvalue weighted by molar-refractivity contribution is 6.17. The summed E-state index contributed by atoms with van der Waals surface area (Å²) in [7, 11) is 0. The van der Waals surface area contributed by atoms with Crippen molar-refractivity contribution in [3.63, 3.8) is 0 Å². The summed E-state index contributed by atoms with van der Waals surface area (Å²) in [6, 6.07) is 1.83. The van der Waals surface area contributed by atoms with E-state index < -0.39 is 6.43 Å². The fourth-order valence-electron chi connectivity index (χ4n) is 1.14. The van der Waals surface area contributed by atoms with Crippen molar-refractivity contribution < 1.29 is 8.78 Å². The fraction of sp³-hybridized carbons (Fsp3) is 0.333. The van der Waals surface area contributed by atoms with Crippen LogP contribution in [0.3, 0.4) is 0 Å². The minimum Gasteiger partial charge on any atom is -0.258 e. The van der Waals surface area contributed by atoms with Gasteiger partial charge in [0, 0.05) is 11.8 Å². The summed E-state index contributed by atoms with van der Waals surface area (Å²) in [5, 5.41) is 8.74. The van der Waals surface area contributed by atoms with Crippen molar-refractivity contribution in [1.82, 2.24) is 4.98 Å². The number of hydrogen-bond donors (Lipinski definition) is 0. The van der Waals surface area contributed by atoms with Crippen LogP contribution in [-0.4, -0.2) is 4.98 Å². The van der Waals surface area contributed by atoms with E-state index in [1.807, 2.05) is 6.07 Å². The molecule has 0 bridgehead atoms. The van der Waals surface area contributed by atoms with Crippen LogP contribution in [0.25, 0.3) is 0 Å². The SMILES string of the molecule is Cc1c(C(F)F)cnc(CCl)c1C#N. The highest BCUT2D eigenvalue weighted by Crippen LogP contribution is 2.25. The first-order valence-corrected chi connectivity index (χ1v) is 4.37. The number of pyridine rings is 1. The smallest absolute Gasteiger partial charge is 0.258 e. The monoisotopic (exact) mass is 216 g/mol. The first-order chi connectivity index (χ1) is 6.61. The van der Waals surface area contributed by atoms with Crippen molar-refractivity contribution in [3.05, 3.63) is 28.6 Å². The van der Waals surface area contributed by atoms with Gasteiger partial charge in [0.2, 0.25) is 0 Å². The van der Waals surface area contributed by atoms with Crippen molar-refractivity contribution in [2.45, 2.75) is 19.2 Å². The van der Waals surface area contributed by atoms with Crippen molar-refractivity contribution in [2.24, 2.45) is 0 Å². The zero-order chi connectivity index (χ0) is 10.7. The van der Waals surface area contributed by atoms with Gasteiger partial charge >= 0.3 is 0 Å². The topological polar surface area (TPSA) is 36.7 Å². The van der Waals surface area contributed by atoms with E-state index in [9.17, 15) is 8.78 Å². The molecule has 0 aliphatic carbocycles. The molecular formula is C9H7ClF2N2. The van der Waals surface area contributed by atoms with E-state index in [0.29, 0.717) is 5.69 Å². The molecule has 2 nitrogen and oxygen atoms in total. The molecule has 0 atom stereocenters. The second kappa shape index (κ2) is 4.34. The molecule has 0 aliphatic heterocycles. The minimum atomic E-state index is -2.61. The molecular weight excluding hydrogens is 210 g/mol. The van der Waals surface area contributed by atoms with Crippen LogP contribution >= 0.6 is 11.6 Å². The van der Waals surface area contributed by atoms with Crippen LogP contribution in [0.4, 0.5) is 8.78 Å². The Morgan fingerprint density at radius 2 is 2.29 bits per heavy atom. The van der Waals surface area contributed by atoms with Crippen LogP contribution in [0, 0.1) is 18.3 Å². The maximum absolute atomic E-state index is 12.4. The minimum absolute atomic E-state index is 0.0489. The Kier molecular flexibility index (Phi) is 3.37. The van der Waals surface area contributed by atoms with Gasteiger partial charge in [-0.05, 0) is 12.5 Å². The second-order valence-corrected chi connectivity index (χ2v) is 2.97. The third-order valence-electron chi connectivity index (χ3n) is 1.93. The van der Waals surface area contributed by atoms with E-state index in [1.54, 1.807) is 0 Å². The predicted octanol–water partition coefficient (Wildman–Crippen LogP) is 2.94. The lowest BCUT2D eigenvalue weighted by Gasteiger charge is -2.07. The van der Waals surface area contributed by atoms with Crippen molar-refractivity contribution in [2.75, 3.05) is 0 Å². The van der Waals surface area contributed by atoms with Gasteiger partial charge in [0.25, 0.3) is 6.43 Å². The van der Waals surface area contributed by atoms with Gasteiger partial charge < -0.3 is 0 Å². The quantitative estimate of drug-likeness (QED) is 0.713. The van der Waals surface area contributed by atoms with Crippen molar-refractivity contribution >= 4 is 11.6 Å². The zero-order valence-electron chi connectivity index (χ0n) is 7.39. The van der Waals surface area contributed by atoms with Gasteiger partial charge in [0.05, 0.1) is 17.1 Å². The summed E-state index contributed by atoms with van der Waals surface area (Å²) in [5.41, 5.74) is 0.539. The molecule has 1 rings (SSSR count). The molecule has 0 amide bonds. The normalized spacial score (nSPS) is 10.3. The molecule has 0 radical (unpaired) electrons. The number of halogens is 3. The predicted molar refractivity (Wildman–Crippen MR) is 48.2 cm³/mol. The molecule has 1 aromatic rings. The van der Waals surface area contributed by atoms with E-state index in [4.69, 9.17) is 16.9 Å². The third kappa shape index (κ3) is 1.83. The Balaban J connectivity index is 3.37. The molecule has 14 heavy (non-hydrogen) atoms. The van der Waals surface area contributed by atoms with Gasteiger partial charge in [-0.1, -0.05) is 0 Å². The maximum Gasteiger partial charge on any atom is 0.265 e. The zero-order valence-corrected chi connectivity index (χ0v) is 8.15. The summed E-state index contributed by atoms with van der Waals surface area (Å²) < 4.78 is 24.8. The lowest BCUT2D eigenvalue weighted by atomic mass is 10.0. The summed E-state index contributed by atoms with van der Waals surface area (Å²) in [5.74, 6) is 0.0489. The molecule has 0 spiro atoms. The van der Waals surface area contributed by atoms with E-state index in [1.165, 1.54) is 6.92 Å². The Hall–Kier alpha value is -1.21. The van der Waals surface area contributed by atoms with Crippen LogP contribution in [0.1, 0.15) is 28.8 Å². The molecule has 0 aromatic carbocycles. The summed E-state index contributed by atoms with van der Waals surface area (Å²) in [6.07, 6.45) is -1.54. The molecule has 5 heteroatoms. The van der Waals surface area contributed by atoms with Crippen LogP contribution in [0.15, 0.2) is 6.20 Å². The van der Waals surface area contributed by atoms with Crippen LogP contribution < -0.4 is 0 Å². The molecule has 0 N–H and O–H groups in total. The van der Waals surface area contributed by atoms with Gasteiger partial charge in [-0.3, -0.25) is 4.98 Å². The standard InChI is InChI=1S/C9H7ClF2N2/c1-5-6(3-13)8(2-10)14-4-7(5)9(11)12/h4,9H,2H2,1H3. The molecule has 1 heterocycles. The number of alkyl halides is 3. The van der Waals surface area contributed by atoms with Gasteiger partial charge in [0.1, 0.15) is 6.07 Å². The lowest BCUT2D eigenvalue weighted by Crippen LogP contribution is -2.00. The van der Waals surface area contributed by atoms with Crippen molar-refractivity contribution in [1.29, 1.82) is 5.26 Å². The number of aromatic nitrogens is 1. The first kappa shape index (κ1) is 10.9. The highest BCUT2D eigenvalue weighted by Gasteiger charge is 2.16. The van der Waals surface area contributed by atoms with E-state index in [0.717, 1.165) is 6.20 Å². The summed E-state index contributed by atoms with van der Waals surface area (Å²) in [4.78, 5) is 3.72. The van der Waals surface area contributed by atoms with E-state index >= 15 is 0 Å². The average molecular weight is 217 g/mol. The Morgan fingerprint density at radius 1 is 1.64 bits per heavy atom. The maximum atomic E-state index is 12.4. The lowest BCUT2D eigenvalue weighted by molar-refractivity contribution is 0.150. The highest BCUT2D eigenvalue weighted by atomic mass is 35.5. The van der Waals surface area contributed by atoms with Gasteiger partial charge in [0.15, 0.2) is 0 Å². The summed E-state index contributed by atoms with van der Waals surface area (Å²) >= 11 is 5.51. The number of rotatable bonds is 2. The Labute approximate surface area is 85.1 Å².